The topological polar surface area (TPSA) is 80.1 Å². The number of rotatable bonds is 5. The first-order valence-electron chi connectivity index (χ1n) is 7.63. The van der Waals surface area contributed by atoms with Crippen LogP contribution in [0.5, 0.6) is 0 Å². The fourth-order valence-electron chi connectivity index (χ4n) is 2.23. The molecule has 0 aromatic carbocycles. The minimum atomic E-state index is 0.597. The van der Waals surface area contributed by atoms with Crippen LogP contribution in [-0.4, -0.2) is 20.8 Å². The van der Waals surface area contributed by atoms with Gasteiger partial charge in [0, 0.05) is 35.4 Å². The van der Waals surface area contributed by atoms with E-state index in [1.165, 1.54) is 11.8 Å². The number of allylic oxidation sites excluding steroid dienone is 6. The lowest BCUT2D eigenvalue weighted by molar-refractivity contribution is 0.928. The van der Waals surface area contributed by atoms with Gasteiger partial charge < -0.3 is 11.1 Å². The van der Waals surface area contributed by atoms with Crippen LogP contribution in [-0.2, 0) is 0 Å². The van der Waals surface area contributed by atoms with Gasteiger partial charge in [-0.1, -0.05) is 24.6 Å². The highest BCUT2D eigenvalue weighted by molar-refractivity contribution is 6.02. The molecule has 0 radical (unpaired) electrons. The van der Waals surface area contributed by atoms with Crippen LogP contribution in [0.3, 0.4) is 0 Å². The number of fused-ring (bicyclic) bond motifs is 1. The summed E-state index contributed by atoms with van der Waals surface area (Å²) < 4.78 is 1.75. The summed E-state index contributed by atoms with van der Waals surface area (Å²) in [6, 6.07) is 0. The molecule has 0 atom stereocenters. The van der Waals surface area contributed by atoms with Gasteiger partial charge in [-0.25, -0.2) is 9.50 Å². The van der Waals surface area contributed by atoms with Crippen LogP contribution in [0.15, 0.2) is 47.6 Å². The van der Waals surface area contributed by atoms with Crippen molar-refractivity contribution in [1.82, 2.24) is 14.6 Å². The standard InChI is InChI=1S/C18H23N5/c1-5-12(2)6-7-15(16(8-19)14(4)20)17-10-22-23-11-13(3)9-21-18(17)23/h6-11,19H,5,20H2,1-4H3/b12-6-,15-7+,16-14+,19-8?. The first kappa shape index (κ1) is 16.7. The average molecular weight is 309 g/mol. The third-order valence-corrected chi connectivity index (χ3v) is 3.73. The molecule has 0 saturated carbocycles. The minimum Gasteiger partial charge on any atom is -0.402 e. The number of hydrogen-bond donors (Lipinski definition) is 2. The molecule has 2 aromatic rings. The number of nitrogens with one attached hydrogen (secondary N) is 1. The summed E-state index contributed by atoms with van der Waals surface area (Å²) in [6.07, 6.45) is 11.8. The molecule has 0 unspecified atom stereocenters. The van der Waals surface area contributed by atoms with Gasteiger partial charge in [-0.05, 0) is 38.3 Å². The SMILES string of the molecule is CC\C(C)=C/C=C(\C(C=N)=C(/C)N)c1cnn2cc(C)cnc12. The fraction of sp³-hybridized carbons (Fsp3) is 0.278. The summed E-state index contributed by atoms with van der Waals surface area (Å²) >= 11 is 0. The van der Waals surface area contributed by atoms with Gasteiger partial charge in [-0.3, -0.25) is 0 Å². The van der Waals surface area contributed by atoms with Gasteiger partial charge in [-0.2, -0.15) is 5.10 Å². The average Bonchev–Trinajstić information content (AvgIpc) is 2.93. The van der Waals surface area contributed by atoms with Crippen LogP contribution in [0.25, 0.3) is 11.2 Å². The Balaban J connectivity index is 2.70. The molecule has 120 valence electrons. The van der Waals surface area contributed by atoms with E-state index in [2.05, 4.69) is 30.0 Å². The van der Waals surface area contributed by atoms with Crippen LogP contribution >= 0.6 is 0 Å². The summed E-state index contributed by atoms with van der Waals surface area (Å²) in [5.41, 5.74) is 12.0. The van der Waals surface area contributed by atoms with E-state index >= 15 is 0 Å². The summed E-state index contributed by atoms with van der Waals surface area (Å²) in [5.74, 6) is 0. The molecule has 0 aliphatic carbocycles. The number of aryl methyl sites for hydroxylation is 1. The summed E-state index contributed by atoms with van der Waals surface area (Å²) in [4.78, 5) is 4.49. The van der Waals surface area contributed by atoms with Crippen LogP contribution in [0.1, 0.15) is 38.3 Å². The van der Waals surface area contributed by atoms with Crippen LogP contribution in [0.2, 0.25) is 0 Å². The van der Waals surface area contributed by atoms with Crippen LogP contribution < -0.4 is 5.73 Å². The van der Waals surface area contributed by atoms with Crippen LogP contribution in [0, 0.1) is 12.3 Å². The largest absolute Gasteiger partial charge is 0.402 e. The van der Waals surface area contributed by atoms with Gasteiger partial charge in [0.05, 0.1) is 6.20 Å². The van der Waals surface area contributed by atoms with Gasteiger partial charge in [0.15, 0.2) is 5.65 Å². The number of nitrogens with zero attached hydrogens (tertiary/aromatic N) is 3. The Morgan fingerprint density at radius 3 is 2.65 bits per heavy atom. The highest BCUT2D eigenvalue weighted by Gasteiger charge is 2.14. The molecule has 23 heavy (non-hydrogen) atoms. The lowest BCUT2D eigenvalue weighted by atomic mass is 9.98. The number of hydrogen-bond acceptors (Lipinski definition) is 4. The highest BCUT2D eigenvalue weighted by Crippen LogP contribution is 2.26. The first-order chi connectivity index (χ1) is 11.0. The molecular formula is C18H23N5. The highest BCUT2D eigenvalue weighted by atomic mass is 15.2. The fourth-order valence-corrected chi connectivity index (χ4v) is 2.23. The molecule has 2 aromatic heterocycles. The lowest BCUT2D eigenvalue weighted by Crippen LogP contribution is -2.02. The Bertz CT molecular complexity index is 817. The van der Waals surface area contributed by atoms with E-state index in [0.29, 0.717) is 11.3 Å². The van der Waals surface area contributed by atoms with E-state index in [4.69, 9.17) is 11.1 Å². The first-order valence-corrected chi connectivity index (χ1v) is 7.63. The Labute approximate surface area is 136 Å². The monoisotopic (exact) mass is 309 g/mol. The Hall–Kier alpha value is -2.69. The molecular weight excluding hydrogens is 286 g/mol. The van der Waals surface area contributed by atoms with E-state index in [0.717, 1.165) is 28.8 Å². The Morgan fingerprint density at radius 2 is 2.04 bits per heavy atom. The molecule has 3 N–H and O–H groups in total. The molecule has 5 nitrogen and oxygen atoms in total. The van der Waals surface area contributed by atoms with Crippen molar-refractivity contribution in [2.24, 2.45) is 5.73 Å². The maximum absolute atomic E-state index is 7.72. The second-order valence-corrected chi connectivity index (χ2v) is 5.65. The second kappa shape index (κ2) is 7.05. The van der Waals surface area contributed by atoms with Crippen molar-refractivity contribution in [3.63, 3.8) is 0 Å². The molecule has 5 heteroatoms. The van der Waals surface area contributed by atoms with Crippen LogP contribution in [0.4, 0.5) is 0 Å². The lowest BCUT2D eigenvalue weighted by Gasteiger charge is -2.08. The zero-order valence-electron chi connectivity index (χ0n) is 14.1. The molecule has 0 spiro atoms. The van der Waals surface area contributed by atoms with Gasteiger partial charge in [0.2, 0.25) is 0 Å². The molecule has 0 aliphatic rings. The van der Waals surface area contributed by atoms with Gasteiger partial charge in [-0.15, -0.1) is 0 Å². The van der Waals surface area contributed by atoms with Crippen molar-refractivity contribution in [2.75, 3.05) is 0 Å². The Kier molecular flexibility index (Phi) is 5.11. The maximum Gasteiger partial charge on any atom is 0.162 e. The summed E-state index contributed by atoms with van der Waals surface area (Å²) in [7, 11) is 0. The third kappa shape index (κ3) is 3.56. The summed E-state index contributed by atoms with van der Waals surface area (Å²) in [5, 5.41) is 12.1. The minimum absolute atomic E-state index is 0.597. The van der Waals surface area contributed by atoms with E-state index in [1.807, 2.05) is 25.4 Å². The molecule has 0 fully saturated rings. The van der Waals surface area contributed by atoms with E-state index in [-0.39, 0.29) is 0 Å². The van der Waals surface area contributed by atoms with Gasteiger partial charge in [0.1, 0.15) is 0 Å². The predicted molar refractivity (Wildman–Crippen MR) is 95.4 cm³/mol. The molecule has 0 aliphatic heterocycles. The number of nitrogens with two attached hydrogens (primary N) is 1. The Morgan fingerprint density at radius 1 is 1.30 bits per heavy atom. The third-order valence-electron chi connectivity index (χ3n) is 3.73. The number of aromatic nitrogens is 3. The van der Waals surface area contributed by atoms with Gasteiger partial charge in [0.25, 0.3) is 0 Å². The predicted octanol–water partition coefficient (Wildman–Crippen LogP) is 3.66. The van der Waals surface area contributed by atoms with Crippen molar-refractivity contribution in [2.45, 2.75) is 34.1 Å². The smallest absolute Gasteiger partial charge is 0.162 e. The van der Waals surface area contributed by atoms with Gasteiger partial charge >= 0.3 is 0 Å². The van der Waals surface area contributed by atoms with Crippen molar-refractivity contribution < 1.29 is 0 Å². The molecule has 0 bridgehead atoms. The quantitative estimate of drug-likeness (QED) is 0.653. The summed E-state index contributed by atoms with van der Waals surface area (Å²) in [6.45, 7) is 7.97. The van der Waals surface area contributed by atoms with Crippen molar-refractivity contribution in [3.8, 4) is 0 Å². The van der Waals surface area contributed by atoms with Crippen molar-refractivity contribution in [1.29, 1.82) is 5.41 Å². The van der Waals surface area contributed by atoms with Crippen molar-refractivity contribution >= 4 is 17.4 Å². The van der Waals surface area contributed by atoms with E-state index in [9.17, 15) is 0 Å². The zero-order chi connectivity index (χ0) is 17.0. The van der Waals surface area contributed by atoms with E-state index in [1.54, 1.807) is 17.6 Å². The maximum atomic E-state index is 7.72. The van der Waals surface area contributed by atoms with Crippen molar-refractivity contribution in [3.05, 3.63) is 58.7 Å². The normalized spacial score (nSPS) is 14.1. The van der Waals surface area contributed by atoms with E-state index < -0.39 is 0 Å². The molecule has 2 heterocycles. The molecule has 2 rings (SSSR count). The molecule has 0 amide bonds. The zero-order valence-corrected chi connectivity index (χ0v) is 14.1. The second-order valence-electron chi connectivity index (χ2n) is 5.65. The molecule has 0 saturated heterocycles.